The summed E-state index contributed by atoms with van der Waals surface area (Å²) in [5, 5.41) is 3.94. The Morgan fingerprint density at radius 1 is 0.882 bits per heavy atom. The number of benzene rings is 3. The lowest BCUT2D eigenvalue weighted by atomic mass is 10.0. The first kappa shape index (κ1) is 23.8. The maximum absolute atomic E-state index is 12.1. The highest BCUT2D eigenvalue weighted by molar-refractivity contribution is 7.99. The van der Waals surface area contributed by atoms with Gasteiger partial charge in [-0.2, -0.15) is 0 Å². The van der Waals surface area contributed by atoms with Gasteiger partial charge >= 0.3 is 0 Å². The van der Waals surface area contributed by atoms with Gasteiger partial charge in [-0.05, 0) is 24.5 Å². The van der Waals surface area contributed by atoms with Gasteiger partial charge in [-0.25, -0.2) is 4.98 Å². The number of hydrogen-bond acceptors (Lipinski definition) is 3. The minimum Gasteiger partial charge on any atom is -0.356 e. The maximum Gasteiger partial charge on any atom is 0.220 e. The molecule has 4 aromatic rings. The van der Waals surface area contributed by atoms with Crippen LogP contribution in [-0.2, 0) is 4.79 Å². The number of hydrogen-bond donors (Lipinski definition) is 1. The van der Waals surface area contributed by atoms with Crippen molar-refractivity contribution in [3.8, 4) is 28.2 Å². The molecule has 0 atom stereocenters. The quantitative estimate of drug-likeness (QED) is 0.204. The molecule has 0 spiro atoms. The monoisotopic (exact) mass is 469 g/mol. The van der Waals surface area contributed by atoms with Crippen molar-refractivity contribution < 1.29 is 4.79 Å². The third-order valence-corrected chi connectivity index (χ3v) is 6.47. The van der Waals surface area contributed by atoms with Gasteiger partial charge in [0.15, 0.2) is 5.16 Å². The van der Waals surface area contributed by atoms with Crippen LogP contribution < -0.4 is 5.32 Å². The van der Waals surface area contributed by atoms with E-state index in [1.807, 2.05) is 30.3 Å². The van der Waals surface area contributed by atoms with Crippen molar-refractivity contribution in [3.05, 3.63) is 91.0 Å². The Balaban J connectivity index is 1.67. The smallest absolute Gasteiger partial charge is 0.220 e. The summed E-state index contributed by atoms with van der Waals surface area (Å²) in [4.78, 5) is 17.3. The molecule has 1 N–H and O–H groups in total. The van der Waals surface area contributed by atoms with E-state index in [0.29, 0.717) is 12.3 Å². The first-order valence-electron chi connectivity index (χ1n) is 11.8. The van der Waals surface area contributed by atoms with Gasteiger partial charge in [0.25, 0.3) is 0 Å². The molecule has 0 saturated heterocycles. The van der Waals surface area contributed by atoms with Crippen LogP contribution in [0.15, 0.2) is 96.2 Å². The Hall–Kier alpha value is -3.31. The lowest BCUT2D eigenvalue weighted by molar-refractivity contribution is -0.121. The van der Waals surface area contributed by atoms with Crippen molar-refractivity contribution in [3.63, 3.8) is 0 Å². The summed E-state index contributed by atoms with van der Waals surface area (Å²) in [5.74, 6) is 1.40. The summed E-state index contributed by atoms with van der Waals surface area (Å²) in [6.07, 6.45) is 1.33. The van der Waals surface area contributed by atoms with E-state index in [2.05, 4.69) is 84.4 Å². The van der Waals surface area contributed by atoms with Crippen molar-refractivity contribution in [1.82, 2.24) is 14.9 Å². The molecule has 174 valence electrons. The van der Waals surface area contributed by atoms with Crippen LogP contribution in [0, 0.1) is 5.92 Å². The lowest BCUT2D eigenvalue weighted by Crippen LogP contribution is -2.27. The van der Waals surface area contributed by atoms with Gasteiger partial charge in [0.1, 0.15) is 0 Å². The predicted molar refractivity (Wildman–Crippen MR) is 142 cm³/mol. The summed E-state index contributed by atoms with van der Waals surface area (Å²) in [6.45, 7) is 4.94. The third kappa shape index (κ3) is 5.97. The Morgan fingerprint density at radius 2 is 1.47 bits per heavy atom. The number of rotatable bonds is 10. The Bertz CT molecular complexity index is 1190. The van der Waals surface area contributed by atoms with Gasteiger partial charge in [0.05, 0.1) is 11.4 Å². The van der Waals surface area contributed by atoms with E-state index < -0.39 is 0 Å². The summed E-state index contributed by atoms with van der Waals surface area (Å²) < 4.78 is 2.25. The van der Waals surface area contributed by atoms with Gasteiger partial charge < -0.3 is 5.32 Å². The molecule has 0 fully saturated rings. The number of nitrogens with zero attached hydrogens (tertiary/aromatic N) is 2. The minimum absolute atomic E-state index is 0.121. The van der Waals surface area contributed by atoms with Crippen LogP contribution in [0.3, 0.4) is 0 Å². The summed E-state index contributed by atoms with van der Waals surface area (Å²) in [6, 6.07) is 31.2. The van der Waals surface area contributed by atoms with Crippen molar-refractivity contribution in [2.45, 2.75) is 31.8 Å². The molecule has 3 aromatic carbocycles. The molecule has 4 rings (SSSR count). The standard InChI is InChI=1S/C29H31N3OS/c1-22(2)21-30-26(33)19-12-20-34-29-31-27(23-13-6-3-7-14-23)28(24-15-8-4-9-16-24)32(29)25-17-10-5-11-18-25/h3-11,13-18,22H,12,19-21H2,1-2H3,(H,30,33). The van der Waals surface area contributed by atoms with E-state index in [4.69, 9.17) is 4.98 Å². The van der Waals surface area contributed by atoms with Gasteiger partial charge in [0, 0.05) is 35.5 Å². The number of aromatic nitrogens is 2. The Morgan fingerprint density at radius 3 is 2.09 bits per heavy atom. The van der Waals surface area contributed by atoms with E-state index in [1.165, 1.54) is 0 Å². The first-order valence-corrected chi connectivity index (χ1v) is 12.8. The van der Waals surface area contributed by atoms with Crippen LogP contribution in [0.4, 0.5) is 0 Å². The number of carbonyl (C=O) groups is 1. The number of amides is 1. The molecule has 0 bridgehead atoms. The highest BCUT2D eigenvalue weighted by atomic mass is 32.2. The van der Waals surface area contributed by atoms with Gasteiger partial charge in [-0.15, -0.1) is 0 Å². The molecule has 1 heterocycles. The van der Waals surface area contributed by atoms with E-state index >= 15 is 0 Å². The SMILES string of the molecule is CC(C)CNC(=O)CCCSc1nc(-c2ccccc2)c(-c2ccccc2)n1-c1ccccc1. The molecule has 1 aromatic heterocycles. The molecule has 5 heteroatoms. The molecule has 0 aliphatic carbocycles. The molecule has 1 amide bonds. The number of nitrogens with one attached hydrogen (secondary N) is 1. The molecule has 0 aliphatic rings. The zero-order chi connectivity index (χ0) is 23.8. The van der Waals surface area contributed by atoms with Gasteiger partial charge in [-0.1, -0.05) is 104 Å². The van der Waals surface area contributed by atoms with Crippen molar-refractivity contribution >= 4 is 17.7 Å². The van der Waals surface area contributed by atoms with E-state index in [0.717, 1.165) is 52.1 Å². The molecular formula is C29H31N3OS. The topological polar surface area (TPSA) is 46.9 Å². The van der Waals surface area contributed by atoms with Crippen LogP contribution in [0.2, 0.25) is 0 Å². The molecule has 34 heavy (non-hydrogen) atoms. The molecule has 0 saturated carbocycles. The van der Waals surface area contributed by atoms with E-state index in [1.54, 1.807) is 11.8 Å². The van der Waals surface area contributed by atoms with Crippen LogP contribution >= 0.6 is 11.8 Å². The average molecular weight is 470 g/mol. The van der Waals surface area contributed by atoms with Gasteiger partial charge in [-0.3, -0.25) is 9.36 Å². The number of thioether (sulfide) groups is 1. The van der Waals surface area contributed by atoms with E-state index in [-0.39, 0.29) is 5.91 Å². The summed E-state index contributed by atoms with van der Waals surface area (Å²) in [7, 11) is 0. The highest BCUT2D eigenvalue weighted by Crippen LogP contribution is 2.38. The van der Waals surface area contributed by atoms with E-state index in [9.17, 15) is 4.79 Å². The minimum atomic E-state index is 0.121. The number of para-hydroxylation sites is 1. The molecule has 4 nitrogen and oxygen atoms in total. The molecule has 0 unspecified atom stereocenters. The van der Waals surface area contributed by atoms with Crippen LogP contribution in [0.1, 0.15) is 26.7 Å². The summed E-state index contributed by atoms with van der Waals surface area (Å²) >= 11 is 1.70. The third-order valence-electron chi connectivity index (χ3n) is 5.44. The zero-order valence-corrected chi connectivity index (χ0v) is 20.6. The van der Waals surface area contributed by atoms with Crippen LogP contribution in [0.25, 0.3) is 28.2 Å². The fraction of sp³-hybridized carbons (Fsp3) is 0.241. The molecule has 0 aliphatic heterocycles. The Kier molecular flexibility index (Phi) is 8.21. The fourth-order valence-corrected chi connectivity index (χ4v) is 4.73. The maximum atomic E-state index is 12.1. The fourth-order valence-electron chi connectivity index (χ4n) is 3.78. The largest absolute Gasteiger partial charge is 0.356 e. The number of imidazole rings is 1. The van der Waals surface area contributed by atoms with Crippen molar-refractivity contribution in [1.29, 1.82) is 0 Å². The molecule has 0 radical (unpaired) electrons. The summed E-state index contributed by atoms with van der Waals surface area (Å²) in [5.41, 5.74) is 5.33. The lowest BCUT2D eigenvalue weighted by Gasteiger charge is -2.13. The van der Waals surface area contributed by atoms with Crippen molar-refractivity contribution in [2.24, 2.45) is 5.92 Å². The van der Waals surface area contributed by atoms with Crippen LogP contribution in [0.5, 0.6) is 0 Å². The zero-order valence-electron chi connectivity index (χ0n) is 19.8. The van der Waals surface area contributed by atoms with Crippen LogP contribution in [-0.4, -0.2) is 27.8 Å². The van der Waals surface area contributed by atoms with Gasteiger partial charge in [0.2, 0.25) is 5.91 Å². The first-order chi connectivity index (χ1) is 16.6. The second-order valence-electron chi connectivity index (χ2n) is 8.64. The highest BCUT2D eigenvalue weighted by Gasteiger charge is 2.21. The normalized spacial score (nSPS) is 11.0. The second kappa shape index (κ2) is 11.7. The average Bonchev–Trinajstić information content (AvgIpc) is 3.26. The predicted octanol–water partition coefficient (Wildman–Crippen LogP) is 6.85. The molecular weight excluding hydrogens is 438 g/mol. The second-order valence-corrected chi connectivity index (χ2v) is 9.71. The van der Waals surface area contributed by atoms with Crippen molar-refractivity contribution in [2.75, 3.05) is 12.3 Å². The Labute approximate surface area is 206 Å². The number of carbonyl (C=O) groups excluding carboxylic acids is 1.